The van der Waals surface area contributed by atoms with Crippen LogP contribution in [-0.4, -0.2) is 83.5 Å². The van der Waals surface area contributed by atoms with Gasteiger partial charge in [-0.25, -0.2) is 4.39 Å². The van der Waals surface area contributed by atoms with E-state index in [4.69, 9.17) is 5.11 Å². The zero-order valence-electron chi connectivity index (χ0n) is 19.7. The number of fused-ring (bicyclic) bond motifs is 1. The van der Waals surface area contributed by atoms with Gasteiger partial charge < -0.3 is 22.7 Å². The number of carbonyl (C=O) groups is 1. The summed E-state index contributed by atoms with van der Waals surface area (Å²) in [5, 5.41) is 29.9. The van der Waals surface area contributed by atoms with Gasteiger partial charge in [-0.3, -0.25) is 4.79 Å². The first kappa shape index (κ1) is 25.8. The third-order valence-electron chi connectivity index (χ3n) is 5.00. The summed E-state index contributed by atoms with van der Waals surface area (Å²) in [5.41, 5.74) is 3.65. The van der Waals surface area contributed by atoms with Crippen LogP contribution in [0.3, 0.4) is 0 Å². The summed E-state index contributed by atoms with van der Waals surface area (Å²) in [6.45, 7) is 4.12. The zero-order valence-corrected chi connectivity index (χ0v) is 21.2. The van der Waals surface area contributed by atoms with Crippen LogP contribution < -0.4 is 0 Å². The number of rotatable bonds is 8. The monoisotopic (exact) mass is 501 g/mol. The number of hydrogen-bond donors (Lipinski definition) is 3. The second-order valence-corrected chi connectivity index (χ2v) is 7.66. The molecule has 2 atom stereocenters. The van der Waals surface area contributed by atoms with Crippen molar-refractivity contribution in [2.45, 2.75) is 44.9 Å². The molecule has 7 heteroatoms. The molecule has 0 fully saturated rings. The second-order valence-electron chi connectivity index (χ2n) is 7.66. The SMILES string of the molecule is CC(C)n1c(/C=C/[C@@H](O)C[C@@H](O)CC(=O)O)c(-c2ccc(F)cc2)c2ccccc21.[H-].[H-].[Sr+2]. The Labute approximate surface area is 221 Å². The van der Waals surface area contributed by atoms with Crippen LogP contribution in [0.25, 0.3) is 28.1 Å². The predicted octanol–water partition coefficient (Wildman–Crippen LogP) is 4.47. The summed E-state index contributed by atoms with van der Waals surface area (Å²) in [6.07, 6.45) is 0.727. The van der Waals surface area contributed by atoms with Gasteiger partial charge in [0, 0.05) is 34.6 Å². The molecular formula is C24H28FNO4Sr. The molecule has 31 heavy (non-hydrogen) atoms. The van der Waals surface area contributed by atoms with Crippen LogP contribution in [0.15, 0.2) is 54.6 Å². The molecule has 0 aliphatic carbocycles. The fraction of sp³-hybridized carbons (Fsp3) is 0.292. The molecule has 3 aromatic rings. The number of aliphatic hydroxyl groups excluding tert-OH is 2. The van der Waals surface area contributed by atoms with Gasteiger partial charge in [-0.2, -0.15) is 0 Å². The Bertz CT molecular complexity index is 1070. The van der Waals surface area contributed by atoms with Gasteiger partial charge in [0.25, 0.3) is 0 Å². The molecule has 1 aromatic heterocycles. The van der Waals surface area contributed by atoms with Crippen LogP contribution in [0.2, 0.25) is 0 Å². The number of para-hydroxylation sites is 1. The van der Waals surface area contributed by atoms with Crippen molar-refractivity contribution in [2.24, 2.45) is 0 Å². The summed E-state index contributed by atoms with van der Waals surface area (Å²) in [7, 11) is 0. The molecule has 0 aliphatic heterocycles. The summed E-state index contributed by atoms with van der Waals surface area (Å²) < 4.78 is 15.6. The maximum Gasteiger partial charge on any atom is 2.00 e. The number of benzene rings is 2. The Balaban J connectivity index is 0.00000341. The molecule has 1 heterocycles. The first-order valence-electron chi connectivity index (χ1n) is 9.93. The van der Waals surface area contributed by atoms with Crippen LogP contribution in [0, 0.1) is 5.82 Å². The molecule has 0 amide bonds. The Kier molecular flexibility index (Phi) is 9.48. The topological polar surface area (TPSA) is 82.7 Å². The molecule has 0 saturated heterocycles. The quantitative estimate of drug-likeness (QED) is 0.398. The second kappa shape index (κ2) is 11.4. The number of halogens is 1. The summed E-state index contributed by atoms with van der Waals surface area (Å²) >= 11 is 0. The van der Waals surface area contributed by atoms with Crippen LogP contribution in [0.5, 0.6) is 0 Å². The van der Waals surface area contributed by atoms with Gasteiger partial charge >= 0.3 is 51.5 Å². The number of nitrogens with zero attached hydrogens (tertiary/aromatic N) is 1. The summed E-state index contributed by atoms with van der Waals surface area (Å²) in [5.74, 6) is -1.43. The molecule has 162 valence electrons. The predicted molar refractivity (Wildman–Crippen MR) is 124 cm³/mol. The zero-order chi connectivity index (χ0) is 21.8. The molecule has 3 rings (SSSR count). The average molecular weight is 501 g/mol. The number of carboxylic acid groups (broad SMARTS) is 1. The van der Waals surface area contributed by atoms with E-state index in [2.05, 4.69) is 18.4 Å². The van der Waals surface area contributed by atoms with E-state index in [-0.39, 0.29) is 66.6 Å². The van der Waals surface area contributed by atoms with Gasteiger partial charge in [0.1, 0.15) is 5.82 Å². The Morgan fingerprint density at radius 1 is 1.13 bits per heavy atom. The summed E-state index contributed by atoms with van der Waals surface area (Å²) in [4.78, 5) is 10.7. The van der Waals surface area contributed by atoms with Crippen LogP contribution in [0.1, 0.15) is 41.3 Å². The van der Waals surface area contributed by atoms with Gasteiger partial charge in [-0.15, -0.1) is 0 Å². The fourth-order valence-electron chi connectivity index (χ4n) is 3.77. The van der Waals surface area contributed by atoms with Crippen molar-refractivity contribution >= 4 is 68.4 Å². The Hall–Kier alpha value is -1.48. The third kappa shape index (κ3) is 6.28. The van der Waals surface area contributed by atoms with Gasteiger partial charge in [-0.05, 0) is 43.7 Å². The number of aromatic nitrogens is 1. The Morgan fingerprint density at radius 3 is 2.39 bits per heavy atom. The minimum atomic E-state index is -1.13. The maximum absolute atomic E-state index is 13.5. The van der Waals surface area contributed by atoms with Crippen LogP contribution in [0.4, 0.5) is 4.39 Å². The molecular weight excluding hydrogens is 473 g/mol. The smallest absolute Gasteiger partial charge is 1.00 e. The van der Waals surface area contributed by atoms with Gasteiger partial charge in [-0.1, -0.05) is 36.4 Å². The molecule has 3 N–H and O–H groups in total. The van der Waals surface area contributed by atoms with E-state index in [1.165, 1.54) is 12.1 Å². The van der Waals surface area contributed by atoms with E-state index in [1.807, 2.05) is 24.3 Å². The molecule has 0 unspecified atom stereocenters. The van der Waals surface area contributed by atoms with Crippen LogP contribution >= 0.6 is 0 Å². The van der Waals surface area contributed by atoms with Crippen molar-refractivity contribution in [1.82, 2.24) is 4.57 Å². The summed E-state index contributed by atoms with van der Waals surface area (Å²) in [6, 6.07) is 14.4. The van der Waals surface area contributed by atoms with Crippen molar-refractivity contribution in [2.75, 3.05) is 0 Å². The third-order valence-corrected chi connectivity index (χ3v) is 5.00. The molecule has 0 saturated carbocycles. The van der Waals surface area contributed by atoms with E-state index in [0.717, 1.165) is 27.7 Å². The van der Waals surface area contributed by atoms with Crippen LogP contribution in [-0.2, 0) is 4.79 Å². The van der Waals surface area contributed by atoms with E-state index in [0.29, 0.717) is 0 Å². The maximum atomic E-state index is 13.5. The molecule has 0 radical (unpaired) electrons. The van der Waals surface area contributed by atoms with Gasteiger partial charge in [0.15, 0.2) is 0 Å². The van der Waals surface area contributed by atoms with Crippen molar-refractivity contribution < 1.29 is 27.4 Å². The number of carboxylic acids is 1. The van der Waals surface area contributed by atoms with E-state index in [1.54, 1.807) is 24.3 Å². The average Bonchev–Trinajstić information content (AvgIpc) is 3.00. The minimum absolute atomic E-state index is 0. The van der Waals surface area contributed by atoms with Gasteiger partial charge in [0.2, 0.25) is 0 Å². The number of aliphatic hydroxyl groups is 2. The van der Waals surface area contributed by atoms with Crippen molar-refractivity contribution in [3.8, 4) is 11.1 Å². The molecule has 2 aromatic carbocycles. The van der Waals surface area contributed by atoms with Crippen molar-refractivity contribution in [1.29, 1.82) is 0 Å². The minimum Gasteiger partial charge on any atom is -1.00 e. The first-order valence-corrected chi connectivity index (χ1v) is 9.93. The fourth-order valence-corrected chi connectivity index (χ4v) is 3.77. The Morgan fingerprint density at radius 2 is 1.77 bits per heavy atom. The largest absolute Gasteiger partial charge is 2.00 e. The normalized spacial score (nSPS) is 13.5. The molecule has 0 spiro atoms. The number of hydrogen-bond acceptors (Lipinski definition) is 3. The molecule has 0 bridgehead atoms. The van der Waals surface area contributed by atoms with E-state index in [9.17, 15) is 19.4 Å². The molecule has 0 aliphatic rings. The van der Waals surface area contributed by atoms with E-state index < -0.39 is 24.6 Å². The first-order chi connectivity index (χ1) is 14.3. The molecule has 5 nitrogen and oxygen atoms in total. The van der Waals surface area contributed by atoms with E-state index >= 15 is 0 Å². The standard InChI is InChI=1S/C24H26FNO4.Sr.2H/c1-15(2)26-21-6-4-3-5-20(21)24(16-7-9-17(25)10-8-16)22(26)12-11-18(27)13-19(28)14-23(29)30;;;/h3-12,15,18-19,27-28H,13-14H2,1-2H3,(H,29,30);;;/q;+2;2*-1/b12-11+;;;/t18-,19-;;;/m1.../s1. The van der Waals surface area contributed by atoms with Gasteiger partial charge in [0.05, 0.1) is 18.6 Å². The van der Waals surface area contributed by atoms with Crippen molar-refractivity contribution in [3.63, 3.8) is 0 Å². The number of aliphatic carboxylic acids is 1. The van der Waals surface area contributed by atoms with Crippen molar-refractivity contribution in [3.05, 3.63) is 66.1 Å².